The van der Waals surface area contributed by atoms with Gasteiger partial charge in [0.05, 0.1) is 0 Å². The second-order valence-corrected chi connectivity index (χ2v) is 5.06. The highest BCUT2D eigenvalue weighted by Gasteiger charge is 2.06. The summed E-state index contributed by atoms with van der Waals surface area (Å²) in [7, 11) is 3.71. The second kappa shape index (κ2) is 7.05. The number of nitrogens with zero attached hydrogens (tertiary/aromatic N) is 4. The monoisotopic (exact) mass is 307 g/mol. The van der Waals surface area contributed by atoms with Gasteiger partial charge in [-0.1, -0.05) is 23.7 Å². The molecule has 0 saturated heterocycles. The lowest BCUT2D eigenvalue weighted by molar-refractivity contribution is 0.927. The third-order valence-corrected chi connectivity index (χ3v) is 3.01. The molecule has 0 saturated carbocycles. The second-order valence-electron chi connectivity index (χ2n) is 4.62. The Kier molecular flexibility index (Phi) is 5.13. The van der Waals surface area contributed by atoms with Crippen LogP contribution in [0.1, 0.15) is 5.56 Å². The zero-order chi connectivity index (χ0) is 15.2. The third-order valence-electron chi connectivity index (χ3n) is 2.76. The number of hydrogen-bond acceptors (Lipinski definition) is 7. The number of hydrazine groups is 1. The Bertz CT molecular complexity index is 586. The maximum Gasteiger partial charge on any atom is 0.243 e. The molecule has 112 valence electrons. The normalized spacial score (nSPS) is 10.3. The van der Waals surface area contributed by atoms with Gasteiger partial charge in [-0.3, -0.25) is 5.43 Å². The summed E-state index contributed by atoms with van der Waals surface area (Å²) in [6.07, 6.45) is 0.839. The van der Waals surface area contributed by atoms with E-state index in [0.29, 0.717) is 24.4 Å². The Balaban J connectivity index is 1.99. The van der Waals surface area contributed by atoms with Gasteiger partial charge in [0, 0.05) is 25.7 Å². The molecule has 0 fully saturated rings. The van der Waals surface area contributed by atoms with E-state index in [9.17, 15) is 0 Å². The number of aromatic nitrogens is 3. The number of benzene rings is 1. The SMILES string of the molecule is CN(C)c1nc(NN)nc(NCCc2ccc(Cl)cc2)n1. The maximum atomic E-state index is 5.86. The molecule has 0 aliphatic heterocycles. The van der Waals surface area contributed by atoms with E-state index in [1.807, 2.05) is 38.4 Å². The summed E-state index contributed by atoms with van der Waals surface area (Å²) >= 11 is 5.86. The smallest absolute Gasteiger partial charge is 0.243 e. The van der Waals surface area contributed by atoms with E-state index in [4.69, 9.17) is 17.4 Å². The van der Waals surface area contributed by atoms with E-state index >= 15 is 0 Å². The van der Waals surface area contributed by atoms with Crippen LogP contribution in [0.15, 0.2) is 24.3 Å². The molecule has 21 heavy (non-hydrogen) atoms. The maximum absolute atomic E-state index is 5.86. The van der Waals surface area contributed by atoms with Crippen LogP contribution in [0.3, 0.4) is 0 Å². The number of nitrogens with two attached hydrogens (primary N) is 1. The molecule has 7 nitrogen and oxygen atoms in total. The fourth-order valence-electron chi connectivity index (χ4n) is 1.68. The minimum Gasteiger partial charge on any atom is -0.354 e. The highest BCUT2D eigenvalue weighted by molar-refractivity contribution is 6.30. The van der Waals surface area contributed by atoms with Crippen LogP contribution in [0.25, 0.3) is 0 Å². The number of rotatable bonds is 6. The predicted molar refractivity (Wildman–Crippen MR) is 85.6 cm³/mol. The van der Waals surface area contributed by atoms with Crippen LogP contribution in [0, 0.1) is 0 Å². The molecule has 0 spiro atoms. The fourth-order valence-corrected chi connectivity index (χ4v) is 1.80. The van der Waals surface area contributed by atoms with Gasteiger partial charge in [0.15, 0.2) is 0 Å². The van der Waals surface area contributed by atoms with Crippen molar-refractivity contribution < 1.29 is 0 Å². The average Bonchev–Trinajstić information content (AvgIpc) is 2.49. The molecule has 0 amide bonds. The van der Waals surface area contributed by atoms with Crippen molar-refractivity contribution in [2.24, 2.45) is 5.84 Å². The van der Waals surface area contributed by atoms with Gasteiger partial charge in [0.1, 0.15) is 0 Å². The first-order chi connectivity index (χ1) is 10.1. The Morgan fingerprint density at radius 2 is 1.76 bits per heavy atom. The zero-order valence-electron chi connectivity index (χ0n) is 12.0. The summed E-state index contributed by atoms with van der Waals surface area (Å²) in [6.45, 7) is 0.697. The predicted octanol–water partition coefficient (Wildman–Crippen LogP) is 1.53. The minimum absolute atomic E-state index is 0.322. The lowest BCUT2D eigenvalue weighted by Crippen LogP contribution is -2.19. The van der Waals surface area contributed by atoms with Gasteiger partial charge in [0.2, 0.25) is 17.8 Å². The zero-order valence-corrected chi connectivity index (χ0v) is 12.7. The lowest BCUT2D eigenvalue weighted by Gasteiger charge is -2.13. The molecule has 0 bridgehead atoms. The first kappa shape index (κ1) is 15.3. The molecule has 0 aliphatic rings. The van der Waals surface area contributed by atoms with Crippen molar-refractivity contribution >= 4 is 29.4 Å². The van der Waals surface area contributed by atoms with Crippen molar-refractivity contribution in [3.05, 3.63) is 34.9 Å². The molecule has 1 heterocycles. The summed E-state index contributed by atoms with van der Waals surface area (Å²) in [5.41, 5.74) is 3.62. The van der Waals surface area contributed by atoms with Gasteiger partial charge < -0.3 is 10.2 Å². The summed E-state index contributed by atoms with van der Waals surface area (Å²) in [6, 6.07) is 7.74. The molecule has 0 unspecified atom stereocenters. The first-order valence-corrected chi connectivity index (χ1v) is 6.84. The molecule has 2 rings (SSSR count). The van der Waals surface area contributed by atoms with E-state index in [1.54, 1.807) is 4.90 Å². The number of nitrogens with one attached hydrogen (secondary N) is 2. The Morgan fingerprint density at radius 3 is 2.38 bits per heavy atom. The Morgan fingerprint density at radius 1 is 1.10 bits per heavy atom. The van der Waals surface area contributed by atoms with Crippen molar-refractivity contribution in [2.75, 3.05) is 36.3 Å². The van der Waals surface area contributed by atoms with Crippen molar-refractivity contribution in [1.29, 1.82) is 0 Å². The van der Waals surface area contributed by atoms with Gasteiger partial charge in [-0.15, -0.1) is 0 Å². The molecule has 0 aliphatic carbocycles. The van der Waals surface area contributed by atoms with E-state index in [1.165, 1.54) is 5.56 Å². The Labute approximate surface area is 128 Å². The fraction of sp³-hybridized carbons (Fsp3) is 0.308. The van der Waals surface area contributed by atoms with E-state index in [0.717, 1.165) is 11.4 Å². The van der Waals surface area contributed by atoms with Crippen LogP contribution in [0.4, 0.5) is 17.8 Å². The van der Waals surface area contributed by atoms with Gasteiger partial charge in [-0.2, -0.15) is 15.0 Å². The topological polar surface area (TPSA) is 92.0 Å². The highest BCUT2D eigenvalue weighted by Crippen LogP contribution is 2.12. The van der Waals surface area contributed by atoms with Gasteiger partial charge in [-0.05, 0) is 24.1 Å². The van der Waals surface area contributed by atoms with Gasteiger partial charge >= 0.3 is 0 Å². The molecule has 1 aromatic heterocycles. The van der Waals surface area contributed by atoms with Crippen LogP contribution in [-0.2, 0) is 6.42 Å². The molecule has 0 radical (unpaired) electrons. The molecular weight excluding hydrogens is 290 g/mol. The number of halogens is 1. The Hall–Kier alpha value is -2.12. The third kappa shape index (κ3) is 4.44. The van der Waals surface area contributed by atoms with Crippen LogP contribution < -0.4 is 21.5 Å². The molecule has 4 N–H and O–H groups in total. The van der Waals surface area contributed by atoms with E-state index in [-0.39, 0.29) is 0 Å². The van der Waals surface area contributed by atoms with Gasteiger partial charge in [-0.25, -0.2) is 5.84 Å². The summed E-state index contributed by atoms with van der Waals surface area (Å²) in [5.74, 6) is 6.70. The molecule has 1 aromatic carbocycles. The summed E-state index contributed by atoms with van der Waals surface area (Å²) < 4.78 is 0. The van der Waals surface area contributed by atoms with E-state index in [2.05, 4.69) is 25.7 Å². The lowest BCUT2D eigenvalue weighted by atomic mass is 10.1. The van der Waals surface area contributed by atoms with Crippen molar-refractivity contribution in [2.45, 2.75) is 6.42 Å². The largest absolute Gasteiger partial charge is 0.354 e. The average molecular weight is 308 g/mol. The molecule has 8 heteroatoms. The molecule has 0 atom stereocenters. The minimum atomic E-state index is 0.322. The van der Waals surface area contributed by atoms with E-state index < -0.39 is 0 Å². The van der Waals surface area contributed by atoms with Crippen LogP contribution in [0.5, 0.6) is 0 Å². The molecular formula is C13H18ClN7. The van der Waals surface area contributed by atoms with Crippen molar-refractivity contribution in [3.8, 4) is 0 Å². The highest BCUT2D eigenvalue weighted by atomic mass is 35.5. The van der Waals surface area contributed by atoms with Crippen LogP contribution in [0.2, 0.25) is 5.02 Å². The molecule has 2 aromatic rings. The summed E-state index contributed by atoms with van der Waals surface area (Å²) in [5, 5.41) is 3.89. The number of anilines is 3. The summed E-state index contributed by atoms with van der Waals surface area (Å²) in [4.78, 5) is 14.4. The van der Waals surface area contributed by atoms with Crippen LogP contribution >= 0.6 is 11.6 Å². The quantitative estimate of drug-likeness (QED) is 0.550. The van der Waals surface area contributed by atoms with Crippen molar-refractivity contribution in [1.82, 2.24) is 15.0 Å². The van der Waals surface area contributed by atoms with Gasteiger partial charge in [0.25, 0.3) is 0 Å². The van der Waals surface area contributed by atoms with Crippen molar-refractivity contribution in [3.63, 3.8) is 0 Å². The number of hydrogen-bond donors (Lipinski definition) is 3. The number of nitrogen functional groups attached to an aromatic ring is 1. The standard InChI is InChI=1S/C13H18ClN7/c1-21(2)13-18-11(17-12(19-13)20-15)16-8-7-9-3-5-10(14)6-4-9/h3-6H,7-8,15H2,1-2H3,(H2,16,17,18,19,20). The van der Waals surface area contributed by atoms with Crippen LogP contribution in [-0.4, -0.2) is 35.6 Å². The first-order valence-electron chi connectivity index (χ1n) is 6.47.